The predicted octanol–water partition coefficient (Wildman–Crippen LogP) is 5.03. The second-order valence-electron chi connectivity index (χ2n) is 6.37. The highest BCUT2D eigenvalue weighted by Gasteiger charge is 2.27. The van der Waals surface area contributed by atoms with Crippen molar-refractivity contribution in [2.45, 2.75) is 30.7 Å². The Morgan fingerprint density at radius 2 is 1.91 bits per heavy atom. The topological polar surface area (TPSA) is 3.24 Å². The Morgan fingerprint density at radius 3 is 2.64 bits per heavy atom. The third-order valence-electron chi connectivity index (χ3n) is 4.76. The average Bonchev–Trinajstić information content (AvgIpc) is 2.56. The number of nitrogens with zero attached hydrogens (tertiary/aromatic N) is 1. The molecule has 0 bridgehead atoms. The summed E-state index contributed by atoms with van der Waals surface area (Å²) in [6, 6.07) is 20.0. The van der Waals surface area contributed by atoms with E-state index < -0.39 is 0 Å². The molecule has 0 spiro atoms. The van der Waals surface area contributed by atoms with E-state index in [1.165, 1.54) is 35.5 Å². The molecule has 116 valence electrons. The van der Waals surface area contributed by atoms with Gasteiger partial charge < -0.3 is 0 Å². The van der Waals surface area contributed by atoms with E-state index in [9.17, 15) is 0 Å². The summed E-state index contributed by atoms with van der Waals surface area (Å²) in [7, 11) is 0. The molecule has 0 amide bonds. The van der Waals surface area contributed by atoms with Crippen LogP contribution in [0.4, 0.5) is 0 Å². The Labute approximate surface area is 138 Å². The molecule has 0 radical (unpaired) electrons. The number of benzene rings is 2. The van der Waals surface area contributed by atoms with Crippen LogP contribution in [0.5, 0.6) is 0 Å². The average molecular weight is 311 g/mol. The molecular formula is C20H25NS. The third kappa shape index (κ3) is 3.74. The first-order valence-corrected chi connectivity index (χ1v) is 9.39. The van der Waals surface area contributed by atoms with E-state index in [2.05, 4.69) is 72.7 Å². The lowest BCUT2D eigenvalue weighted by Crippen LogP contribution is -2.37. The van der Waals surface area contributed by atoms with Crippen molar-refractivity contribution in [3.63, 3.8) is 0 Å². The van der Waals surface area contributed by atoms with Crippen LogP contribution in [0.15, 0.2) is 59.5 Å². The molecule has 0 saturated carbocycles. The summed E-state index contributed by atoms with van der Waals surface area (Å²) in [5, 5.41) is 0. The number of hydrogen-bond acceptors (Lipinski definition) is 2. The zero-order valence-electron chi connectivity index (χ0n) is 13.5. The summed E-state index contributed by atoms with van der Waals surface area (Å²) < 4.78 is 0. The molecule has 0 unspecified atom stereocenters. The highest BCUT2D eigenvalue weighted by atomic mass is 32.2. The van der Waals surface area contributed by atoms with Crippen molar-refractivity contribution in [1.29, 1.82) is 0 Å². The molecule has 1 heterocycles. The molecule has 0 N–H and O–H groups in total. The fourth-order valence-electron chi connectivity index (χ4n) is 3.58. The van der Waals surface area contributed by atoms with Crippen LogP contribution >= 0.6 is 11.8 Å². The molecule has 2 aromatic rings. The summed E-state index contributed by atoms with van der Waals surface area (Å²) in [6.07, 6.45) is 3.43. The van der Waals surface area contributed by atoms with Crippen LogP contribution in [-0.4, -0.2) is 24.2 Å². The van der Waals surface area contributed by atoms with Crippen LogP contribution in [0.3, 0.4) is 0 Å². The number of hydrogen-bond donors (Lipinski definition) is 0. The van der Waals surface area contributed by atoms with Gasteiger partial charge in [-0.3, -0.25) is 4.90 Å². The van der Waals surface area contributed by atoms with Crippen molar-refractivity contribution in [2.75, 3.05) is 19.3 Å². The zero-order chi connectivity index (χ0) is 15.4. The molecule has 1 nitrogen and oxygen atoms in total. The van der Waals surface area contributed by atoms with Gasteiger partial charge >= 0.3 is 0 Å². The summed E-state index contributed by atoms with van der Waals surface area (Å²) in [5.74, 6) is 1.42. The maximum absolute atomic E-state index is 2.61. The zero-order valence-corrected chi connectivity index (χ0v) is 14.4. The van der Waals surface area contributed by atoms with Gasteiger partial charge in [0, 0.05) is 18.0 Å². The lowest BCUT2D eigenvalue weighted by molar-refractivity contribution is 0.156. The first-order valence-electron chi connectivity index (χ1n) is 8.16. The van der Waals surface area contributed by atoms with E-state index in [-0.39, 0.29) is 0 Å². The van der Waals surface area contributed by atoms with Crippen LogP contribution in [0.1, 0.15) is 30.4 Å². The Kier molecular flexibility index (Phi) is 5.22. The minimum absolute atomic E-state index is 0.708. The molecular weight excluding hydrogens is 286 g/mol. The van der Waals surface area contributed by atoms with E-state index in [1.54, 1.807) is 0 Å². The van der Waals surface area contributed by atoms with Gasteiger partial charge in [0.2, 0.25) is 0 Å². The van der Waals surface area contributed by atoms with Gasteiger partial charge in [0.1, 0.15) is 0 Å². The van der Waals surface area contributed by atoms with Gasteiger partial charge in [0.25, 0.3) is 0 Å². The van der Waals surface area contributed by atoms with E-state index in [0.29, 0.717) is 5.92 Å². The lowest BCUT2D eigenvalue weighted by atomic mass is 9.81. The van der Waals surface area contributed by atoms with Crippen LogP contribution in [0, 0.1) is 5.92 Å². The first kappa shape index (κ1) is 15.6. The summed E-state index contributed by atoms with van der Waals surface area (Å²) in [5.41, 5.74) is 2.95. The Balaban J connectivity index is 1.64. The molecule has 2 atom stereocenters. The Morgan fingerprint density at radius 1 is 1.09 bits per heavy atom. The maximum atomic E-state index is 2.61. The first-order chi connectivity index (χ1) is 10.8. The number of rotatable bonds is 4. The largest absolute Gasteiger partial charge is 0.299 e. The number of likely N-dealkylation sites (tertiary alicyclic amines) is 1. The summed E-state index contributed by atoms with van der Waals surface area (Å²) >= 11 is 1.84. The van der Waals surface area contributed by atoms with Gasteiger partial charge in [-0.2, -0.15) is 0 Å². The van der Waals surface area contributed by atoms with Crippen LogP contribution in [0.25, 0.3) is 0 Å². The van der Waals surface area contributed by atoms with Crippen LogP contribution in [-0.2, 0) is 6.54 Å². The highest BCUT2D eigenvalue weighted by Crippen LogP contribution is 2.34. The second-order valence-corrected chi connectivity index (χ2v) is 7.25. The number of thioether (sulfide) groups is 1. The fraction of sp³-hybridized carbons (Fsp3) is 0.400. The van der Waals surface area contributed by atoms with E-state index in [1.807, 2.05) is 11.8 Å². The van der Waals surface area contributed by atoms with Crippen molar-refractivity contribution in [1.82, 2.24) is 4.90 Å². The van der Waals surface area contributed by atoms with Crippen molar-refractivity contribution < 1.29 is 0 Å². The normalized spacial score (nSPS) is 22.6. The molecule has 2 aromatic carbocycles. The van der Waals surface area contributed by atoms with Crippen LogP contribution in [0.2, 0.25) is 0 Å². The third-order valence-corrected chi connectivity index (χ3v) is 5.49. The molecule has 2 heteroatoms. The SMILES string of the molecule is CSc1cccc([C@H]2CCN(Cc3ccccc3)C[C@H]2C)c1. The fourth-order valence-corrected chi connectivity index (χ4v) is 4.05. The van der Waals surface area contributed by atoms with Crippen molar-refractivity contribution >= 4 is 11.8 Å². The van der Waals surface area contributed by atoms with E-state index >= 15 is 0 Å². The molecule has 1 fully saturated rings. The Bertz CT molecular complexity index is 596. The second kappa shape index (κ2) is 7.34. The maximum Gasteiger partial charge on any atom is 0.0233 e. The van der Waals surface area contributed by atoms with Gasteiger partial charge in [-0.15, -0.1) is 11.8 Å². The molecule has 0 aliphatic carbocycles. The quantitative estimate of drug-likeness (QED) is 0.728. The lowest BCUT2D eigenvalue weighted by Gasteiger charge is -2.37. The monoisotopic (exact) mass is 311 g/mol. The minimum Gasteiger partial charge on any atom is -0.299 e. The molecule has 22 heavy (non-hydrogen) atoms. The van der Waals surface area contributed by atoms with Gasteiger partial charge in [0.05, 0.1) is 0 Å². The van der Waals surface area contributed by atoms with Gasteiger partial charge in [-0.05, 0) is 54.3 Å². The number of piperidine rings is 1. The molecule has 1 aliphatic rings. The minimum atomic E-state index is 0.708. The highest BCUT2D eigenvalue weighted by molar-refractivity contribution is 7.98. The van der Waals surface area contributed by atoms with Crippen molar-refractivity contribution in [3.8, 4) is 0 Å². The van der Waals surface area contributed by atoms with Crippen molar-refractivity contribution in [3.05, 3.63) is 65.7 Å². The van der Waals surface area contributed by atoms with E-state index in [0.717, 1.165) is 12.5 Å². The standard InChI is InChI=1S/C20H25NS/c1-16-14-21(15-17-7-4-3-5-8-17)12-11-20(16)18-9-6-10-19(13-18)22-2/h3-10,13,16,20H,11-12,14-15H2,1-2H3/t16-,20+/m1/s1. The summed E-state index contributed by atoms with van der Waals surface area (Å²) in [6.45, 7) is 5.90. The van der Waals surface area contributed by atoms with Gasteiger partial charge in [-0.1, -0.05) is 49.4 Å². The molecule has 0 aromatic heterocycles. The smallest absolute Gasteiger partial charge is 0.0233 e. The molecule has 1 saturated heterocycles. The van der Waals surface area contributed by atoms with E-state index in [4.69, 9.17) is 0 Å². The van der Waals surface area contributed by atoms with Crippen molar-refractivity contribution in [2.24, 2.45) is 5.92 Å². The summed E-state index contributed by atoms with van der Waals surface area (Å²) in [4.78, 5) is 3.99. The van der Waals surface area contributed by atoms with Crippen LogP contribution < -0.4 is 0 Å². The molecule has 3 rings (SSSR count). The molecule has 1 aliphatic heterocycles. The predicted molar refractivity (Wildman–Crippen MR) is 96.5 cm³/mol. The van der Waals surface area contributed by atoms with Gasteiger partial charge in [-0.25, -0.2) is 0 Å². The Hall–Kier alpha value is -1.25. The van der Waals surface area contributed by atoms with Gasteiger partial charge in [0.15, 0.2) is 0 Å².